The third-order valence-electron chi connectivity index (χ3n) is 5.00. The molecule has 1 saturated heterocycles. The molecule has 2 aliphatic heterocycles. The molecule has 3 heterocycles. The zero-order valence-electron chi connectivity index (χ0n) is 17.5. The minimum Gasteiger partial charge on any atom is -0.454 e. The summed E-state index contributed by atoms with van der Waals surface area (Å²) in [5.41, 5.74) is 0.916. The Balaban J connectivity index is 1.48. The van der Waals surface area contributed by atoms with Gasteiger partial charge in [0.25, 0.3) is 5.91 Å². The van der Waals surface area contributed by atoms with Gasteiger partial charge in [0.05, 0.1) is 35.5 Å². The molecule has 2 aliphatic rings. The molecule has 4 rings (SSSR count). The highest BCUT2D eigenvalue weighted by atomic mass is 16.7. The number of ether oxygens (including phenoxy) is 3. The first-order chi connectivity index (χ1) is 14.7. The molecule has 0 saturated carbocycles. The number of nitrogens with zero attached hydrogens (tertiary/aromatic N) is 3. The summed E-state index contributed by atoms with van der Waals surface area (Å²) >= 11 is 0. The van der Waals surface area contributed by atoms with Crippen molar-refractivity contribution in [1.82, 2.24) is 20.4 Å². The van der Waals surface area contributed by atoms with E-state index in [1.165, 1.54) is 11.1 Å². The molecule has 0 spiro atoms. The highest BCUT2D eigenvalue weighted by Gasteiger charge is 2.38. The minimum atomic E-state index is -0.642. The van der Waals surface area contributed by atoms with E-state index < -0.39 is 29.6 Å². The van der Waals surface area contributed by atoms with Gasteiger partial charge in [-0.3, -0.25) is 9.89 Å². The van der Waals surface area contributed by atoms with Crippen LogP contribution in [0.3, 0.4) is 0 Å². The van der Waals surface area contributed by atoms with E-state index in [0.717, 1.165) is 0 Å². The molecule has 2 N–H and O–H groups in total. The van der Waals surface area contributed by atoms with E-state index in [-0.39, 0.29) is 19.9 Å². The van der Waals surface area contributed by atoms with Crippen LogP contribution in [0.4, 0.5) is 4.79 Å². The second-order valence-electron chi connectivity index (χ2n) is 8.43. The molecule has 31 heavy (non-hydrogen) atoms. The van der Waals surface area contributed by atoms with Crippen LogP contribution in [-0.4, -0.2) is 58.6 Å². The van der Waals surface area contributed by atoms with Crippen LogP contribution in [0.25, 0.3) is 11.3 Å². The van der Waals surface area contributed by atoms with Crippen LogP contribution < -0.4 is 14.8 Å². The molecule has 2 atom stereocenters. The lowest BCUT2D eigenvalue weighted by molar-refractivity contribution is 0.0287. The zero-order valence-corrected chi connectivity index (χ0v) is 17.5. The van der Waals surface area contributed by atoms with Crippen molar-refractivity contribution >= 4 is 12.0 Å². The summed E-state index contributed by atoms with van der Waals surface area (Å²) in [7, 11) is 0. The smallest absolute Gasteiger partial charge is 0.410 e. The van der Waals surface area contributed by atoms with Gasteiger partial charge in [0.1, 0.15) is 5.60 Å². The number of H-pyrrole nitrogens is 1. The molecule has 1 aromatic carbocycles. The summed E-state index contributed by atoms with van der Waals surface area (Å²) in [6.07, 6.45) is 0.922. The Labute approximate surface area is 179 Å². The van der Waals surface area contributed by atoms with Crippen LogP contribution in [0.5, 0.6) is 11.5 Å². The van der Waals surface area contributed by atoms with Crippen LogP contribution in [-0.2, 0) is 4.74 Å². The monoisotopic (exact) mass is 425 g/mol. The van der Waals surface area contributed by atoms with Crippen LogP contribution in [0.15, 0.2) is 24.4 Å². The van der Waals surface area contributed by atoms with Crippen LogP contribution in [0.1, 0.15) is 31.1 Å². The van der Waals surface area contributed by atoms with Crippen LogP contribution in [0.2, 0.25) is 0 Å². The minimum absolute atomic E-state index is 0.153. The number of aromatic amines is 1. The van der Waals surface area contributed by atoms with Crippen molar-refractivity contribution in [2.24, 2.45) is 5.92 Å². The van der Waals surface area contributed by atoms with Crippen LogP contribution >= 0.6 is 0 Å². The summed E-state index contributed by atoms with van der Waals surface area (Å²) in [4.78, 5) is 26.8. The van der Waals surface area contributed by atoms with Gasteiger partial charge in [0, 0.05) is 18.7 Å². The number of nitriles is 1. The van der Waals surface area contributed by atoms with Crippen molar-refractivity contribution in [3.8, 4) is 28.8 Å². The number of nitrogens with one attached hydrogen (secondary N) is 2. The summed E-state index contributed by atoms with van der Waals surface area (Å²) in [6.45, 7) is 5.86. The molecule has 2 unspecified atom stereocenters. The first kappa shape index (κ1) is 20.5. The molecule has 0 bridgehead atoms. The number of hydrogen-bond acceptors (Lipinski definition) is 7. The number of hydrogen-bond donors (Lipinski definition) is 2. The Morgan fingerprint density at radius 1 is 1.29 bits per heavy atom. The number of carbonyl (C=O) groups excluding carboxylic acids is 2. The van der Waals surface area contributed by atoms with Crippen molar-refractivity contribution < 1.29 is 23.8 Å². The molecule has 1 fully saturated rings. The van der Waals surface area contributed by atoms with E-state index in [0.29, 0.717) is 28.3 Å². The highest BCUT2D eigenvalue weighted by molar-refractivity contribution is 6.00. The van der Waals surface area contributed by atoms with Crippen molar-refractivity contribution in [3.63, 3.8) is 0 Å². The fraction of sp³-hybridized carbons (Fsp3) is 0.429. The Morgan fingerprint density at radius 2 is 2.06 bits per heavy atom. The lowest BCUT2D eigenvalue weighted by atomic mass is 10.0. The van der Waals surface area contributed by atoms with Crippen molar-refractivity contribution in [2.75, 3.05) is 19.9 Å². The zero-order chi connectivity index (χ0) is 22.2. The van der Waals surface area contributed by atoms with Gasteiger partial charge < -0.3 is 24.4 Å². The van der Waals surface area contributed by atoms with E-state index in [1.54, 1.807) is 39.0 Å². The standard InChI is InChI=1S/C21H23N5O5/c1-21(2,3)31-20(28)26-9-13(7-22)15(10-26)24-19(27)14-8-23-25-18(14)12-4-5-16-17(6-12)30-11-29-16/h4-6,8,13,15H,9-11H2,1-3H3,(H,23,25)(H,24,27). The average molecular weight is 425 g/mol. The third-order valence-corrected chi connectivity index (χ3v) is 5.00. The van der Waals surface area contributed by atoms with Gasteiger partial charge in [-0.25, -0.2) is 4.79 Å². The first-order valence-corrected chi connectivity index (χ1v) is 9.87. The summed E-state index contributed by atoms with van der Waals surface area (Å²) in [5, 5.41) is 19.2. The maximum atomic E-state index is 13.0. The van der Waals surface area contributed by atoms with Gasteiger partial charge in [-0.05, 0) is 39.0 Å². The van der Waals surface area contributed by atoms with Crippen molar-refractivity contribution in [3.05, 3.63) is 30.0 Å². The van der Waals surface area contributed by atoms with Crippen LogP contribution in [0, 0.1) is 17.2 Å². The molecule has 162 valence electrons. The van der Waals surface area contributed by atoms with Gasteiger partial charge in [0.2, 0.25) is 6.79 Å². The van der Waals surface area contributed by atoms with Crippen molar-refractivity contribution in [2.45, 2.75) is 32.4 Å². The normalized spacial score (nSPS) is 19.7. The topological polar surface area (TPSA) is 130 Å². The fourth-order valence-corrected chi connectivity index (χ4v) is 3.53. The average Bonchev–Trinajstić information content (AvgIpc) is 3.44. The second-order valence-corrected chi connectivity index (χ2v) is 8.43. The van der Waals surface area contributed by atoms with E-state index in [2.05, 4.69) is 21.6 Å². The highest BCUT2D eigenvalue weighted by Crippen LogP contribution is 2.36. The fourth-order valence-electron chi connectivity index (χ4n) is 3.53. The van der Waals surface area contributed by atoms with E-state index in [4.69, 9.17) is 14.2 Å². The van der Waals surface area contributed by atoms with Gasteiger partial charge >= 0.3 is 6.09 Å². The molecular formula is C21H23N5O5. The first-order valence-electron chi connectivity index (χ1n) is 9.87. The number of likely N-dealkylation sites (tertiary alicyclic amines) is 1. The Morgan fingerprint density at radius 3 is 2.81 bits per heavy atom. The molecule has 10 heteroatoms. The maximum absolute atomic E-state index is 13.0. The lowest BCUT2D eigenvalue weighted by Crippen LogP contribution is -2.41. The maximum Gasteiger partial charge on any atom is 0.410 e. The largest absolute Gasteiger partial charge is 0.454 e. The molecule has 10 nitrogen and oxygen atoms in total. The Hall–Kier alpha value is -3.74. The van der Waals surface area contributed by atoms with E-state index >= 15 is 0 Å². The number of rotatable bonds is 3. The van der Waals surface area contributed by atoms with Gasteiger partial charge in [0.15, 0.2) is 11.5 Å². The molecular weight excluding hydrogens is 402 g/mol. The number of amides is 2. The number of benzene rings is 1. The Kier molecular flexibility index (Phi) is 5.19. The van der Waals surface area contributed by atoms with Gasteiger partial charge in [-0.2, -0.15) is 10.4 Å². The SMILES string of the molecule is CC(C)(C)OC(=O)N1CC(C#N)C(NC(=O)c2cn[nH]c2-c2ccc3c(c2)OCO3)C1. The summed E-state index contributed by atoms with van der Waals surface area (Å²) < 4.78 is 16.1. The number of carbonyl (C=O) groups is 2. The molecule has 0 radical (unpaired) electrons. The number of aromatic nitrogens is 2. The van der Waals surface area contributed by atoms with Gasteiger partial charge in [-0.1, -0.05) is 0 Å². The number of fused-ring (bicyclic) bond motifs is 1. The quantitative estimate of drug-likeness (QED) is 0.772. The summed E-state index contributed by atoms with van der Waals surface area (Å²) in [6, 6.07) is 6.98. The van der Waals surface area contributed by atoms with Crippen molar-refractivity contribution in [1.29, 1.82) is 5.26 Å². The molecule has 1 aromatic heterocycles. The molecule has 2 aromatic rings. The molecule has 0 aliphatic carbocycles. The molecule has 2 amide bonds. The Bertz CT molecular complexity index is 1050. The van der Waals surface area contributed by atoms with E-state index in [1.807, 2.05) is 0 Å². The van der Waals surface area contributed by atoms with Gasteiger partial charge in [-0.15, -0.1) is 0 Å². The predicted octanol–water partition coefficient (Wildman–Crippen LogP) is 2.29. The second kappa shape index (κ2) is 7.83. The van der Waals surface area contributed by atoms with E-state index in [9.17, 15) is 14.9 Å². The lowest BCUT2D eigenvalue weighted by Gasteiger charge is -2.24. The predicted molar refractivity (Wildman–Crippen MR) is 108 cm³/mol. The third kappa shape index (κ3) is 4.26. The summed E-state index contributed by atoms with van der Waals surface area (Å²) in [5.74, 6) is 0.293.